The monoisotopic (exact) mass is 787 g/mol. The van der Waals surface area contributed by atoms with Gasteiger partial charge in [0.2, 0.25) is 0 Å². The predicted octanol–water partition coefficient (Wildman–Crippen LogP) is 11.2. The smallest absolute Gasteiger partial charge is 0.128 e. The molecule has 0 unspecified atom stereocenters. The van der Waals surface area contributed by atoms with Gasteiger partial charge in [-0.05, 0) is 29.6 Å². The molecule has 0 aliphatic carbocycles. The molecule has 0 aliphatic heterocycles. The van der Waals surface area contributed by atoms with Gasteiger partial charge in [0.05, 0.1) is 10.3 Å². The zero-order valence-corrected chi connectivity index (χ0v) is 26.9. The molecule has 0 fully saturated rings. The minimum Gasteiger partial charge on any atom is -0.500 e. The van der Waals surface area contributed by atoms with Crippen LogP contribution in [0.1, 0.15) is 19.4 Å². The zero-order valence-electron chi connectivity index (χ0n) is 28.8. The Balaban J connectivity index is 0.000000166. The Morgan fingerprint density at radius 2 is 1.55 bits per heavy atom. The summed E-state index contributed by atoms with van der Waals surface area (Å²) < 4.78 is 52.6. The number of rotatable bonds is 2. The molecular formula is C38H24IrN2OS2-2. The fourth-order valence-corrected chi connectivity index (χ4v) is 7.62. The van der Waals surface area contributed by atoms with E-state index in [-0.39, 0.29) is 31.2 Å². The van der Waals surface area contributed by atoms with Crippen LogP contribution in [0.4, 0.5) is 0 Å². The molecular weight excluding hydrogens is 757 g/mol. The van der Waals surface area contributed by atoms with Crippen LogP contribution in [0.15, 0.2) is 114 Å². The summed E-state index contributed by atoms with van der Waals surface area (Å²) in [7, 11) is 0. The maximum Gasteiger partial charge on any atom is 0.128 e. The van der Waals surface area contributed by atoms with E-state index in [1.807, 2.05) is 6.07 Å². The summed E-state index contributed by atoms with van der Waals surface area (Å²) in [4.78, 5) is 10.1. The van der Waals surface area contributed by atoms with Crippen LogP contribution in [0.5, 0.6) is 0 Å². The molecule has 0 saturated carbocycles. The van der Waals surface area contributed by atoms with E-state index in [1.54, 1.807) is 34.8 Å². The van der Waals surface area contributed by atoms with Crippen LogP contribution in [-0.4, -0.2) is 9.97 Å². The molecule has 9 rings (SSSR count). The van der Waals surface area contributed by atoms with Crippen molar-refractivity contribution < 1.29 is 32.7 Å². The van der Waals surface area contributed by atoms with Crippen LogP contribution in [0.3, 0.4) is 0 Å². The van der Waals surface area contributed by atoms with Gasteiger partial charge in [-0.2, -0.15) is 11.3 Å². The Morgan fingerprint density at radius 1 is 0.727 bits per heavy atom. The van der Waals surface area contributed by atoms with Crippen molar-refractivity contribution in [2.45, 2.75) is 13.7 Å². The molecule has 5 aromatic carbocycles. The van der Waals surface area contributed by atoms with Crippen molar-refractivity contribution in [3.63, 3.8) is 0 Å². The van der Waals surface area contributed by atoms with Crippen LogP contribution in [0, 0.1) is 25.8 Å². The van der Waals surface area contributed by atoms with Crippen molar-refractivity contribution in [1.82, 2.24) is 9.97 Å². The molecule has 0 amide bonds. The Hall–Kier alpha value is -4.19. The van der Waals surface area contributed by atoms with Gasteiger partial charge in [-0.25, -0.2) is 0 Å². The van der Waals surface area contributed by atoms with Crippen molar-refractivity contribution in [2.24, 2.45) is 0 Å². The van der Waals surface area contributed by atoms with Crippen LogP contribution in [-0.2, 0) is 20.1 Å². The Kier molecular flexibility index (Phi) is 5.95. The number of thiophene rings is 1. The van der Waals surface area contributed by atoms with Gasteiger partial charge in [0.1, 0.15) is 10.4 Å². The number of furan rings is 1. The summed E-state index contributed by atoms with van der Waals surface area (Å²) in [6.07, 6.45) is 1.30. The third-order valence-corrected chi connectivity index (χ3v) is 9.62. The Morgan fingerprint density at radius 3 is 2.36 bits per heavy atom. The van der Waals surface area contributed by atoms with E-state index in [4.69, 9.17) is 17.6 Å². The summed E-state index contributed by atoms with van der Waals surface area (Å²) in [5.41, 5.74) is 4.29. The van der Waals surface area contributed by atoms with Gasteiger partial charge in [-0.15, -0.1) is 64.9 Å². The summed E-state index contributed by atoms with van der Waals surface area (Å²) in [5.74, 6) is 0. The summed E-state index contributed by atoms with van der Waals surface area (Å²) in [5, 5.41) is 6.81. The van der Waals surface area contributed by atoms with E-state index >= 15 is 0 Å². The number of hydrogen-bond donors (Lipinski definition) is 0. The van der Waals surface area contributed by atoms with Gasteiger partial charge in [0, 0.05) is 60.4 Å². The number of hydrogen-bond acceptors (Lipinski definition) is 5. The Labute approximate surface area is 284 Å². The number of pyridine rings is 1. The van der Waals surface area contributed by atoms with Crippen LogP contribution in [0.2, 0.25) is 0 Å². The third kappa shape index (κ3) is 5.04. The van der Waals surface area contributed by atoms with E-state index in [0.29, 0.717) is 11.3 Å². The maximum atomic E-state index is 7.28. The minimum atomic E-state index is -2.18. The fraction of sp³-hybridized carbons (Fsp3) is 0.0526. The number of aromatic nitrogens is 2. The van der Waals surface area contributed by atoms with Crippen molar-refractivity contribution in [3.05, 3.63) is 133 Å². The van der Waals surface area contributed by atoms with Gasteiger partial charge in [0.25, 0.3) is 0 Å². The first-order valence-corrected chi connectivity index (χ1v) is 15.2. The normalized spacial score (nSPS) is 13.8. The van der Waals surface area contributed by atoms with Crippen LogP contribution >= 0.6 is 22.7 Å². The maximum absolute atomic E-state index is 7.28. The molecule has 0 atom stereocenters. The second-order valence-corrected chi connectivity index (χ2v) is 12.1. The number of thiazole rings is 1. The molecule has 0 bridgehead atoms. The van der Waals surface area contributed by atoms with E-state index in [2.05, 4.69) is 83.8 Å². The molecule has 44 heavy (non-hydrogen) atoms. The van der Waals surface area contributed by atoms with E-state index in [1.165, 1.54) is 44.6 Å². The molecule has 0 spiro atoms. The van der Waals surface area contributed by atoms with Crippen molar-refractivity contribution in [1.29, 1.82) is 0 Å². The van der Waals surface area contributed by atoms with Crippen molar-refractivity contribution in [3.8, 4) is 21.8 Å². The van der Waals surface area contributed by atoms with Crippen molar-refractivity contribution >= 4 is 75.0 Å². The standard InChI is InChI=1S/C25H12NOS2.C13H12N.Ir/c1-2-7-15-14(6-1)12-13-17-16-9-5-10-19(22(16)27-21(15)17)24-26-25-23(29-24)18-8-3-4-11-20(18)28-25;1-10-3-6-12(7-4-10)13-8-5-11(2)9-14-13;/h1-9,11-13H;3-6,8-9H,1-2H3;/q2*-1;/i;1D3,2D3;. The number of aryl methyl sites for hydroxylation is 2. The topological polar surface area (TPSA) is 38.9 Å². The summed E-state index contributed by atoms with van der Waals surface area (Å²) in [6, 6.07) is 39.1. The second kappa shape index (κ2) is 11.7. The van der Waals surface area contributed by atoms with E-state index in [0.717, 1.165) is 42.7 Å². The molecule has 0 aliphatic rings. The minimum absolute atomic E-state index is 0. The zero-order chi connectivity index (χ0) is 33.9. The average molecular weight is 787 g/mol. The quantitative estimate of drug-likeness (QED) is 0.164. The van der Waals surface area contributed by atoms with E-state index in [9.17, 15) is 0 Å². The first kappa shape index (κ1) is 22.3. The Bertz CT molecular complexity index is 2590. The molecule has 0 saturated heterocycles. The van der Waals surface area contributed by atoms with Gasteiger partial charge in [-0.3, -0.25) is 4.98 Å². The first-order chi connectivity index (χ1) is 23.5. The predicted molar refractivity (Wildman–Crippen MR) is 182 cm³/mol. The van der Waals surface area contributed by atoms with Gasteiger partial charge in [-0.1, -0.05) is 84.5 Å². The third-order valence-electron chi connectivity index (χ3n) is 7.32. The van der Waals surface area contributed by atoms with Gasteiger partial charge >= 0.3 is 0 Å². The molecule has 4 heterocycles. The summed E-state index contributed by atoms with van der Waals surface area (Å²) in [6.45, 7) is -4.34. The number of fused-ring (bicyclic) bond motifs is 8. The molecule has 4 aromatic heterocycles. The number of benzene rings is 5. The summed E-state index contributed by atoms with van der Waals surface area (Å²) >= 11 is 3.47. The molecule has 6 heteroatoms. The van der Waals surface area contributed by atoms with Gasteiger partial charge < -0.3 is 9.40 Å². The van der Waals surface area contributed by atoms with Crippen LogP contribution in [0.25, 0.3) is 74.2 Å². The molecule has 9 aromatic rings. The van der Waals surface area contributed by atoms with Crippen LogP contribution < -0.4 is 0 Å². The van der Waals surface area contributed by atoms with E-state index < -0.39 is 13.7 Å². The molecule has 215 valence electrons. The largest absolute Gasteiger partial charge is 0.500 e. The SMILES string of the molecule is [2H]C([2H])([2H])c1c[c-]c(-c2ccc(C([2H])([2H])[2H])cn2)cc1.[Ir].[c-]1ccc2c(oc3c4ccccc4ccc23)c1-c1nc2sc3ccccc3c2s1. The van der Waals surface area contributed by atoms with Crippen molar-refractivity contribution in [2.75, 3.05) is 0 Å². The number of nitrogens with zero attached hydrogens (tertiary/aromatic N) is 2. The van der Waals surface area contributed by atoms with Gasteiger partial charge in [0.15, 0.2) is 0 Å². The average Bonchev–Trinajstić information content (AvgIpc) is 3.79. The molecule has 0 N–H and O–H groups in total. The first-order valence-electron chi connectivity index (χ1n) is 16.6. The fourth-order valence-electron chi connectivity index (χ4n) is 5.27. The molecule has 1 radical (unpaired) electrons. The molecule has 3 nitrogen and oxygen atoms in total. The second-order valence-electron chi connectivity index (χ2n) is 10.0.